The fourth-order valence-electron chi connectivity index (χ4n) is 5.29. The molecule has 1 atom stereocenters. The highest BCUT2D eigenvalue weighted by Crippen LogP contribution is 2.20. The lowest BCUT2D eigenvalue weighted by Crippen LogP contribution is -2.41. The molecule has 180 valence electrons. The van der Waals surface area contributed by atoms with E-state index in [0.29, 0.717) is 0 Å². The maximum atomic E-state index is 9.67. The Morgan fingerprint density at radius 2 is 1.62 bits per heavy atom. The van der Waals surface area contributed by atoms with E-state index in [1.165, 1.54) is 56.4 Å². The molecule has 3 heterocycles. The lowest BCUT2D eigenvalue weighted by atomic mass is 10.1. The molecule has 0 saturated carbocycles. The van der Waals surface area contributed by atoms with E-state index in [0.717, 1.165) is 64.0 Å². The topological polar surface area (TPSA) is 54.3 Å². The number of guanidine groups is 1. The Balaban J connectivity index is 0.00000289. The molecule has 0 amide bonds. The SMILES string of the molecule is CN=C(NCc1ccc(CN2CCC(O)CC2)cc1)N1CCC(CN2CCCCC2)C1.I. The van der Waals surface area contributed by atoms with Gasteiger partial charge >= 0.3 is 0 Å². The number of benzene rings is 1. The molecule has 1 aromatic rings. The van der Waals surface area contributed by atoms with Crippen molar-refractivity contribution in [2.75, 3.05) is 52.9 Å². The van der Waals surface area contributed by atoms with Crippen LogP contribution in [0.1, 0.15) is 49.7 Å². The van der Waals surface area contributed by atoms with E-state index in [2.05, 4.69) is 49.3 Å². The summed E-state index contributed by atoms with van der Waals surface area (Å²) in [6, 6.07) is 8.96. The number of aliphatic hydroxyl groups excluding tert-OH is 1. The van der Waals surface area contributed by atoms with Gasteiger partial charge in [-0.1, -0.05) is 30.7 Å². The van der Waals surface area contributed by atoms with Gasteiger partial charge in [0.25, 0.3) is 0 Å². The van der Waals surface area contributed by atoms with Gasteiger partial charge in [-0.25, -0.2) is 0 Å². The Morgan fingerprint density at radius 1 is 0.938 bits per heavy atom. The summed E-state index contributed by atoms with van der Waals surface area (Å²) in [7, 11) is 1.90. The van der Waals surface area contributed by atoms with Crippen molar-refractivity contribution in [2.24, 2.45) is 10.9 Å². The number of aliphatic imine (C=N–C) groups is 1. The van der Waals surface area contributed by atoms with Crippen molar-refractivity contribution in [3.63, 3.8) is 0 Å². The van der Waals surface area contributed by atoms with Crippen LogP contribution in [0.15, 0.2) is 29.3 Å². The van der Waals surface area contributed by atoms with Crippen LogP contribution in [0, 0.1) is 5.92 Å². The summed E-state index contributed by atoms with van der Waals surface area (Å²) in [5.41, 5.74) is 2.65. The highest BCUT2D eigenvalue weighted by atomic mass is 127. The predicted octanol–water partition coefficient (Wildman–Crippen LogP) is 3.14. The zero-order valence-electron chi connectivity index (χ0n) is 19.7. The van der Waals surface area contributed by atoms with Crippen molar-refractivity contribution in [3.8, 4) is 0 Å². The molecular formula is C25H42IN5O. The summed E-state index contributed by atoms with van der Waals surface area (Å²) in [5.74, 6) is 1.81. The Bertz CT molecular complexity index is 699. The summed E-state index contributed by atoms with van der Waals surface area (Å²) in [6.07, 6.45) is 7.13. The number of hydrogen-bond donors (Lipinski definition) is 2. The molecule has 1 unspecified atom stereocenters. The molecule has 6 nitrogen and oxygen atoms in total. The number of hydrogen-bond acceptors (Lipinski definition) is 4. The average Bonchev–Trinajstić information content (AvgIpc) is 3.26. The van der Waals surface area contributed by atoms with Crippen LogP contribution < -0.4 is 5.32 Å². The second-order valence-electron chi connectivity index (χ2n) is 9.69. The number of piperidine rings is 2. The first-order valence-corrected chi connectivity index (χ1v) is 12.4. The fourth-order valence-corrected chi connectivity index (χ4v) is 5.29. The van der Waals surface area contributed by atoms with Gasteiger partial charge < -0.3 is 20.2 Å². The molecule has 3 fully saturated rings. The van der Waals surface area contributed by atoms with Gasteiger partial charge in [-0.15, -0.1) is 24.0 Å². The van der Waals surface area contributed by atoms with E-state index in [1.54, 1.807) is 0 Å². The van der Waals surface area contributed by atoms with Gasteiger partial charge in [-0.3, -0.25) is 9.89 Å². The predicted molar refractivity (Wildman–Crippen MR) is 143 cm³/mol. The van der Waals surface area contributed by atoms with Crippen molar-refractivity contribution in [2.45, 2.75) is 57.7 Å². The first-order chi connectivity index (χ1) is 15.2. The molecule has 2 N–H and O–H groups in total. The van der Waals surface area contributed by atoms with Crippen LogP contribution >= 0.6 is 24.0 Å². The van der Waals surface area contributed by atoms with Gasteiger partial charge in [-0.2, -0.15) is 0 Å². The minimum Gasteiger partial charge on any atom is -0.393 e. The summed E-state index contributed by atoms with van der Waals surface area (Å²) in [5, 5.41) is 13.3. The van der Waals surface area contributed by atoms with Crippen LogP contribution in [0.4, 0.5) is 0 Å². The second kappa shape index (κ2) is 13.1. The van der Waals surface area contributed by atoms with Crippen molar-refractivity contribution in [1.29, 1.82) is 0 Å². The van der Waals surface area contributed by atoms with Crippen LogP contribution in [0.25, 0.3) is 0 Å². The van der Waals surface area contributed by atoms with Gasteiger partial charge in [0.05, 0.1) is 6.10 Å². The maximum absolute atomic E-state index is 9.67. The fraction of sp³-hybridized carbons (Fsp3) is 0.720. The number of halogens is 1. The number of nitrogens with zero attached hydrogens (tertiary/aromatic N) is 4. The molecule has 3 aliphatic rings. The molecule has 32 heavy (non-hydrogen) atoms. The quantitative estimate of drug-likeness (QED) is 0.321. The van der Waals surface area contributed by atoms with Crippen LogP contribution in [0.2, 0.25) is 0 Å². The number of nitrogens with one attached hydrogen (secondary N) is 1. The second-order valence-corrected chi connectivity index (χ2v) is 9.69. The van der Waals surface area contributed by atoms with Crippen molar-refractivity contribution >= 4 is 29.9 Å². The summed E-state index contributed by atoms with van der Waals surface area (Å²) < 4.78 is 0. The van der Waals surface area contributed by atoms with Gasteiger partial charge in [0.2, 0.25) is 0 Å². The van der Waals surface area contributed by atoms with Crippen LogP contribution in [0.5, 0.6) is 0 Å². The van der Waals surface area contributed by atoms with Crippen molar-refractivity contribution < 1.29 is 5.11 Å². The monoisotopic (exact) mass is 555 g/mol. The molecule has 3 aliphatic heterocycles. The smallest absolute Gasteiger partial charge is 0.193 e. The third-order valence-corrected chi connectivity index (χ3v) is 7.20. The van der Waals surface area contributed by atoms with Gasteiger partial charge in [-0.05, 0) is 62.2 Å². The van der Waals surface area contributed by atoms with E-state index in [4.69, 9.17) is 0 Å². The molecule has 0 bridgehead atoms. The standard InChI is InChI=1S/C25H41N5O.HI/c1-26-25(30-16-9-23(20-30)19-28-12-3-2-4-13-28)27-17-21-5-7-22(8-6-21)18-29-14-10-24(31)11-15-29;/h5-8,23-24,31H,2-4,9-20H2,1H3,(H,26,27);1H. The molecule has 3 saturated heterocycles. The van der Waals surface area contributed by atoms with E-state index in [-0.39, 0.29) is 30.1 Å². The van der Waals surface area contributed by atoms with Crippen LogP contribution in [0.3, 0.4) is 0 Å². The van der Waals surface area contributed by atoms with Crippen LogP contribution in [-0.2, 0) is 13.1 Å². The first kappa shape index (κ1) is 25.7. The summed E-state index contributed by atoms with van der Waals surface area (Å²) >= 11 is 0. The molecule has 0 aromatic heterocycles. The number of likely N-dealkylation sites (tertiary alicyclic amines) is 3. The van der Waals surface area contributed by atoms with E-state index < -0.39 is 0 Å². The largest absolute Gasteiger partial charge is 0.393 e. The summed E-state index contributed by atoms with van der Waals surface area (Å²) in [6.45, 7) is 9.86. The molecule has 0 aliphatic carbocycles. The zero-order valence-corrected chi connectivity index (χ0v) is 22.0. The maximum Gasteiger partial charge on any atom is 0.193 e. The van der Waals surface area contributed by atoms with Gasteiger partial charge in [0, 0.05) is 52.9 Å². The third-order valence-electron chi connectivity index (χ3n) is 7.20. The number of rotatable bonds is 6. The zero-order chi connectivity index (χ0) is 21.5. The molecular weight excluding hydrogens is 513 g/mol. The Labute approximate surface area is 211 Å². The number of aliphatic hydroxyl groups is 1. The molecule has 4 rings (SSSR count). The Hall–Kier alpha value is -0.900. The molecule has 1 aromatic carbocycles. The van der Waals surface area contributed by atoms with Gasteiger partial charge in [0.15, 0.2) is 5.96 Å². The van der Waals surface area contributed by atoms with Crippen molar-refractivity contribution in [3.05, 3.63) is 35.4 Å². The minimum atomic E-state index is -0.102. The minimum absolute atomic E-state index is 0. The normalized spacial score (nSPS) is 23.9. The van der Waals surface area contributed by atoms with Gasteiger partial charge in [0.1, 0.15) is 0 Å². The van der Waals surface area contributed by atoms with E-state index in [9.17, 15) is 5.11 Å². The molecule has 0 spiro atoms. The Morgan fingerprint density at radius 3 is 2.31 bits per heavy atom. The highest BCUT2D eigenvalue weighted by molar-refractivity contribution is 14.0. The summed E-state index contributed by atoms with van der Waals surface area (Å²) in [4.78, 5) is 12.1. The lowest BCUT2D eigenvalue weighted by Gasteiger charge is -2.29. The van der Waals surface area contributed by atoms with Crippen LogP contribution in [-0.4, -0.2) is 84.7 Å². The van der Waals surface area contributed by atoms with E-state index >= 15 is 0 Å². The highest BCUT2D eigenvalue weighted by Gasteiger charge is 2.27. The van der Waals surface area contributed by atoms with E-state index in [1.807, 2.05) is 7.05 Å². The molecule has 7 heteroatoms. The first-order valence-electron chi connectivity index (χ1n) is 12.4. The lowest BCUT2D eigenvalue weighted by molar-refractivity contribution is 0.0792. The average molecular weight is 556 g/mol. The van der Waals surface area contributed by atoms with Crippen molar-refractivity contribution in [1.82, 2.24) is 20.0 Å². The third kappa shape index (κ3) is 7.57. The molecule has 0 radical (unpaired) electrons. The Kier molecular flexibility index (Phi) is 10.5.